The minimum absolute atomic E-state index is 0.0158. The average molecular weight is 379 g/mol. The Morgan fingerprint density at radius 1 is 1.25 bits per heavy atom. The summed E-state index contributed by atoms with van der Waals surface area (Å²) in [5, 5.41) is 2.98. The summed E-state index contributed by atoms with van der Waals surface area (Å²) in [5.74, 6) is -0.775. The Balaban J connectivity index is 1.82. The Labute approximate surface area is 144 Å². The number of thioether (sulfide) groups is 1. The van der Waals surface area contributed by atoms with Crippen molar-refractivity contribution in [1.29, 1.82) is 0 Å². The van der Waals surface area contributed by atoms with Gasteiger partial charge in [-0.15, -0.1) is 11.8 Å². The normalized spacial score (nSPS) is 11.4. The van der Waals surface area contributed by atoms with Crippen molar-refractivity contribution in [3.05, 3.63) is 52.9 Å². The van der Waals surface area contributed by atoms with E-state index >= 15 is 0 Å². The molecule has 128 valence electrons. The van der Waals surface area contributed by atoms with Gasteiger partial charge in [-0.2, -0.15) is 13.2 Å². The number of hydrogen-bond donors (Lipinski definition) is 1. The van der Waals surface area contributed by atoms with Crippen molar-refractivity contribution in [3.8, 4) is 0 Å². The molecule has 2 aromatic rings. The number of benzene rings is 1. The second-order valence-corrected chi connectivity index (χ2v) is 6.21. The Kier molecular flexibility index (Phi) is 6.06. The lowest BCUT2D eigenvalue weighted by Gasteiger charge is -2.07. The van der Waals surface area contributed by atoms with Gasteiger partial charge in [-0.25, -0.2) is 9.37 Å². The number of hydrogen-bond acceptors (Lipinski definition) is 3. The van der Waals surface area contributed by atoms with Crippen molar-refractivity contribution in [1.82, 2.24) is 4.98 Å². The first-order valence-electron chi connectivity index (χ1n) is 6.66. The number of pyridine rings is 1. The molecule has 0 atom stereocenters. The summed E-state index contributed by atoms with van der Waals surface area (Å²) >= 11 is 6.74. The topological polar surface area (TPSA) is 42.0 Å². The highest BCUT2D eigenvalue weighted by Crippen LogP contribution is 2.29. The first-order chi connectivity index (χ1) is 11.3. The van der Waals surface area contributed by atoms with Gasteiger partial charge in [0.2, 0.25) is 5.91 Å². The average Bonchev–Trinajstić information content (AvgIpc) is 2.50. The Hall–Kier alpha value is -1.80. The quantitative estimate of drug-likeness (QED) is 0.587. The van der Waals surface area contributed by atoms with E-state index in [-0.39, 0.29) is 17.1 Å². The standard InChI is InChI=1S/C15H11ClF4N2OS/c16-10-2-3-12(11(17)7-10)22-13(23)5-6-24-14-4-1-9(8-21-14)15(18,19)20/h1-4,7-8H,5-6H2,(H,22,23). The highest BCUT2D eigenvalue weighted by Gasteiger charge is 2.30. The molecule has 1 aromatic carbocycles. The lowest BCUT2D eigenvalue weighted by molar-refractivity contribution is -0.137. The van der Waals surface area contributed by atoms with Crippen molar-refractivity contribution in [2.24, 2.45) is 0 Å². The van der Waals surface area contributed by atoms with Gasteiger partial charge in [0.05, 0.1) is 16.3 Å². The predicted octanol–water partition coefficient (Wildman–Crippen LogP) is 5.01. The molecule has 0 saturated carbocycles. The third-order valence-corrected chi connectivity index (χ3v) is 4.03. The van der Waals surface area contributed by atoms with Crippen LogP contribution in [0.3, 0.4) is 0 Å². The van der Waals surface area contributed by atoms with Gasteiger partial charge in [0.15, 0.2) is 0 Å². The van der Waals surface area contributed by atoms with Gasteiger partial charge in [-0.1, -0.05) is 11.6 Å². The molecule has 24 heavy (non-hydrogen) atoms. The first kappa shape index (κ1) is 18.5. The van der Waals surface area contributed by atoms with E-state index in [2.05, 4.69) is 10.3 Å². The molecule has 3 nitrogen and oxygen atoms in total. The molecule has 0 aliphatic heterocycles. The molecule has 0 radical (unpaired) electrons. The number of aromatic nitrogens is 1. The lowest BCUT2D eigenvalue weighted by atomic mass is 10.3. The zero-order valence-corrected chi connectivity index (χ0v) is 13.6. The number of anilines is 1. The maximum Gasteiger partial charge on any atom is 0.417 e. The summed E-state index contributed by atoms with van der Waals surface area (Å²) in [5.41, 5.74) is -0.815. The fourth-order valence-corrected chi connectivity index (χ4v) is 2.63. The monoisotopic (exact) mass is 378 g/mol. The smallest absolute Gasteiger partial charge is 0.324 e. The first-order valence-corrected chi connectivity index (χ1v) is 8.03. The van der Waals surface area contributed by atoms with E-state index in [1.807, 2.05) is 0 Å². The zero-order valence-electron chi connectivity index (χ0n) is 12.0. The van der Waals surface area contributed by atoms with Crippen LogP contribution in [-0.2, 0) is 11.0 Å². The molecule has 9 heteroatoms. The number of nitrogens with one attached hydrogen (secondary N) is 1. The summed E-state index contributed by atoms with van der Waals surface area (Å²) in [6.07, 6.45) is -3.64. The number of halogens is 5. The van der Waals surface area contributed by atoms with Crippen LogP contribution in [-0.4, -0.2) is 16.6 Å². The maximum atomic E-state index is 13.5. The summed E-state index contributed by atoms with van der Waals surface area (Å²) in [7, 11) is 0. The van der Waals surface area contributed by atoms with E-state index < -0.39 is 23.5 Å². The molecule has 1 heterocycles. The Morgan fingerprint density at radius 2 is 2.00 bits per heavy atom. The molecule has 1 amide bonds. The molecule has 0 aliphatic rings. The molecule has 2 rings (SSSR count). The molecule has 0 spiro atoms. The summed E-state index contributed by atoms with van der Waals surface area (Å²) in [4.78, 5) is 15.4. The van der Waals surface area contributed by atoms with Crippen LogP contribution in [0, 0.1) is 5.82 Å². The van der Waals surface area contributed by atoms with E-state index in [9.17, 15) is 22.4 Å². The number of nitrogens with zero attached hydrogens (tertiary/aromatic N) is 1. The van der Waals surface area contributed by atoms with Crippen molar-refractivity contribution in [2.75, 3.05) is 11.1 Å². The van der Waals surface area contributed by atoms with E-state index in [0.29, 0.717) is 10.8 Å². The van der Waals surface area contributed by atoms with Crippen LogP contribution in [0.4, 0.5) is 23.2 Å². The molecule has 0 bridgehead atoms. The van der Waals surface area contributed by atoms with E-state index in [4.69, 9.17) is 11.6 Å². The number of amides is 1. The second-order valence-electron chi connectivity index (χ2n) is 4.65. The van der Waals surface area contributed by atoms with Crippen molar-refractivity contribution in [2.45, 2.75) is 17.6 Å². The SMILES string of the molecule is O=C(CCSc1ccc(C(F)(F)F)cn1)Nc1ccc(Cl)cc1F. The number of rotatable bonds is 5. The molecular weight excluding hydrogens is 368 g/mol. The van der Waals surface area contributed by atoms with Crippen molar-refractivity contribution >= 4 is 35.0 Å². The van der Waals surface area contributed by atoms with Gasteiger partial charge in [-0.05, 0) is 30.3 Å². The van der Waals surface area contributed by atoms with Crippen LogP contribution in [0.1, 0.15) is 12.0 Å². The minimum Gasteiger partial charge on any atom is -0.324 e. The predicted molar refractivity (Wildman–Crippen MR) is 84.6 cm³/mol. The highest BCUT2D eigenvalue weighted by atomic mass is 35.5. The van der Waals surface area contributed by atoms with Crippen LogP contribution in [0.15, 0.2) is 41.6 Å². The Morgan fingerprint density at radius 3 is 2.58 bits per heavy atom. The largest absolute Gasteiger partial charge is 0.417 e. The maximum absolute atomic E-state index is 13.5. The third kappa shape index (κ3) is 5.38. The highest BCUT2D eigenvalue weighted by molar-refractivity contribution is 7.99. The van der Waals surface area contributed by atoms with Crippen LogP contribution >= 0.6 is 23.4 Å². The van der Waals surface area contributed by atoms with E-state index in [0.717, 1.165) is 30.1 Å². The fourth-order valence-electron chi connectivity index (χ4n) is 1.69. The number of carbonyl (C=O) groups excluding carboxylic acids is 1. The van der Waals surface area contributed by atoms with E-state index in [1.165, 1.54) is 18.2 Å². The molecular formula is C15H11ClF4N2OS. The van der Waals surface area contributed by atoms with Gasteiger partial charge in [0.25, 0.3) is 0 Å². The zero-order chi connectivity index (χ0) is 17.7. The molecule has 1 aromatic heterocycles. The minimum atomic E-state index is -4.43. The van der Waals surface area contributed by atoms with Gasteiger partial charge in [0.1, 0.15) is 5.82 Å². The number of carbonyl (C=O) groups is 1. The Bertz CT molecular complexity index is 722. The lowest BCUT2D eigenvalue weighted by Crippen LogP contribution is -2.13. The van der Waals surface area contributed by atoms with Gasteiger partial charge in [0, 0.05) is 23.4 Å². The molecule has 0 aliphatic carbocycles. The van der Waals surface area contributed by atoms with Gasteiger partial charge >= 0.3 is 6.18 Å². The van der Waals surface area contributed by atoms with Gasteiger partial charge in [-0.3, -0.25) is 4.79 Å². The van der Waals surface area contributed by atoms with Crippen LogP contribution < -0.4 is 5.32 Å². The molecule has 0 fully saturated rings. The van der Waals surface area contributed by atoms with Crippen molar-refractivity contribution < 1.29 is 22.4 Å². The summed E-state index contributed by atoms with van der Waals surface area (Å²) < 4.78 is 50.7. The van der Waals surface area contributed by atoms with Crippen molar-refractivity contribution in [3.63, 3.8) is 0 Å². The molecule has 0 saturated heterocycles. The number of alkyl halides is 3. The van der Waals surface area contributed by atoms with Crippen LogP contribution in [0.2, 0.25) is 5.02 Å². The van der Waals surface area contributed by atoms with Gasteiger partial charge < -0.3 is 5.32 Å². The van der Waals surface area contributed by atoms with Crippen LogP contribution in [0.25, 0.3) is 0 Å². The molecule has 0 unspecified atom stereocenters. The third-order valence-electron chi connectivity index (χ3n) is 2.85. The van der Waals surface area contributed by atoms with E-state index in [1.54, 1.807) is 0 Å². The molecule has 1 N–H and O–H groups in total. The summed E-state index contributed by atoms with van der Waals surface area (Å²) in [6, 6.07) is 6.04. The fraction of sp³-hybridized carbons (Fsp3) is 0.200. The summed E-state index contributed by atoms with van der Waals surface area (Å²) in [6.45, 7) is 0. The second kappa shape index (κ2) is 7.85. The van der Waals surface area contributed by atoms with Crippen LogP contribution in [0.5, 0.6) is 0 Å².